The number of amides is 1. The highest BCUT2D eigenvalue weighted by atomic mass is 32.1. The van der Waals surface area contributed by atoms with Crippen molar-refractivity contribution in [1.82, 2.24) is 9.88 Å². The molecule has 1 aliphatic heterocycles. The molecule has 1 aromatic rings. The summed E-state index contributed by atoms with van der Waals surface area (Å²) in [6, 6.07) is 0. The van der Waals surface area contributed by atoms with Gasteiger partial charge in [0.15, 0.2) is 0 Å². The van der Waals surface area contributed by atoms with Gasteiger partial charge in [-0.1, -0.05) is 0 Å². The fraction of sp³-hybridized carbons (Fsp3) is 0.714. The predicted octanol–water partition coefficient (Wildman–Crippen LogP) is 2.98. The molecule has 2 heterocycles. The smallest absolute Gasteiger partial charge is 0.410 e. The zero-order chi connectivity index (χ0) is 14.8. The van der Waals surface area contributed by atoms with Gasteiger partial charge in [0.1, 0.15) is 5.60 Å². The maximum absolute atomic E-state index is 11.9. The van der Waals surface area contributed by atoms with E-state index >= 15 is 0 Å². The first-order valence-electron chi connectivity index (χ1n) is 6.84. The Labute approximate surface area is 123 Å². The Kier molecular flexibility index (Phi) is 4.65. The van der Waals surface area contributed by atoms with Crippen molar-refractivity contribution in [3.05, 3.63) is 16.1 Å². The fourth-order valence-corrected chi connectivity index (χ4v) is 2.63. The quantitative estimate of drug-likeness (QED) is 0.861. The first-order valence-corrected chi connectivity index (χ1v) is 7.72. The summed E-state index contributed by atoms with van der Waals surface area (Å²) in [5, 5.41) is 3.06. The minimum Gasteiger partial charge on any atom is -0.444 e. The van der Waals surface area contributed by atoms with Crippen LogP contribution in [0.15, 0.2) is 5.38 Å². The first kappa shape index (κ1) is 15.3. The normalized spacial score (nSPS) is 19.4. The Balaban J connectivity index is 1.76. The van der Waals surface area contributed by atoms with Gasteiger partial charge in [-0.25, -0.2) is 9.78 Å². The number of hydrogen-bond donors (Lipinski definition) is 0. The molecule has 5 nitrogen and oxygen atoms in total. The van der Waals surface area contributed by atoms with E-state index in [1.165, 1.54) is 0 Å². The Morgan fingerprint density at radius 1 is 1.55 bits per heavy atom. The molecule has 1 amide bonds. The maximum atomic E-state index is 11.9. The average molecular weight is 298 g/mol. The lowest BCUT2D eigenvalue weighted by Gasteiger charge is -2.24. The second-order valence-corrected chi connectivity index (χ2v) is 7.07. The zero-order valence-corrected chi connectivity index (χ0v) is 13.3. The monoisotopic (exact) mass is 298 g/mol. The molecular formula is C14H22N2O3S. The molecule has 1 saturated heterocycles. The van der Waals surface area contributed by atoms with Crippen molar-refractivity contribution < 1.29 is 14.3 Å². The molecule has 1 unspecified atom stereocenters. The minimum atomic E-state index is -0.450. The van der Waals surface area contributed by atoms with Crippen molar-refractivity contribution in [2.45, 2.75) is 52.4 Å². The summed E-state index contributed by atoms with van der Waals surface area (Å²) in [5.41, 5.74) is 0.511. The van der Waals surface area contributed by atoms with Crippen molar-refractivity contribution in [2.24, 2.45) is 0 Å². The Morgan fingerprint density at radius 3 is 2.90 bits per heavy atom. The van der Waals surface area contributed by atoms with E-state index in [0.29, 0.717) is 19.7 Å². The number of aromatic nitrogens is 1. The van der Waals surface area contributed by atoms with Gasteiger partial charge < -0.3 is 14.4 Å². The summed E-state index contributed by atoms with van der Waals surface area (Å²) >= 11 is 1.62. The Morgan fingerprint density at radius 2 is 2.30 bits per heavy atom. The van der Waals surface area contributed by atoms with Crippen LogP contribution in [0.3, 0.4) is 0 Å². The number of aryl methyl sites for hydroxylation is 1. The van der Waals surface area contributed by atoms with E-state index in [-0.39, 0.29) is 12.2 Å². The van der Waals surface area contributed by atoms with Crippen LogP contribution in [-0.4, -0.2) is 40.8 Å². The molecule has 0 aromatic carbocycles. The van der Waals surface area contributed by atoms with Crippen LogP contribution >= 0.6 is 11.3 Å². The summed E-state index contributed by atoms with van der Waals surface area (Å²) in [6.45, 7) is 9.40. The third kappa shape index (κ3) is 4.45. The first-order chi connectivity index (χ1) is 9.33. The summed E-state index contributed by atoms with van der Waals surface area (Å²) < 4.78 is 11.2. The molecule has 0 N–H and O–H groups in total. The molecule has 0 bridgehead atoms. The molecule has 6 heteroatoms. The van der Waals surface area contributed by atoms with Gasteiger partial charge in [0.2, 0.25) is 0 Å². The van der Waals surface area contributed by atoms with Crippen LogP contribution in [0.25, 0.3) is 0 Å². The average Bonchev–Trinajstić information content (AvgIpc) is 2.93. The minimum absolute atomic E-state index is 0.0736. The lowest BCUT2D eigenvalue weighted by atomic mass is 10.2. The number of ether oxygens (including phenoxy) is 2. The van der Waals surface area contributed by atoms with Crippen LogP contribution < -0.4 is 0 Å². The van der Waals surface area contributed by atoms with E-state index in [9.17, 15) is 4.79 Å². The van der Waals surface area contributed by atoms with E-state index < -0.39 is 5.60 Å². The van der Waals surface area contributed by atoms with Gasteiger partial charge in [-0.15, -0.1) is 11.3 Å². The van der Waals surface area contributed by atoms with Crippen molar-refractivity contribution >= 4 is 17.4 Å². The molecule has 0 saturated carbocycles. The number of hydrogen-bond acceptors (Lipinski definition) is 5. The summed E-state index contributed by atoms with van der Waals surface area (Å²) in [6.07, 6.45) is 0.667. The van der Waals surface area contributed by atoms with Gasteiger partial charge in [-0.05, 0) is 34.1 Å². The topological polar surface area (TPSA) is 51.7 Å². The molecule has 2 rings (SSSR count). The van der Waals surface area contributed by atoms with Crippen molar-refractivity contribution in [1.29, 1.82) is 0 Å². The highest BCUT2D eigenvalue weighted by molar-refractivity contribution is 7.09. The molecule has 1 aliphatic rings. The Bertz CT molecular complexity index is 467. The number of carbonyl (C=O) groups is 1. The molecule has 20 heavy (non-hydrogen) atoms. The standard InChI is InChI=1S/C14H22N2O3S/c1-10-15-11(9-20-10)8-18-12-5-6-16(7-12)13(17)19-14(2,3)4/h9,12H,5-8H2,1-4H3. The van der Waals surface area contributed by atoms with E-state index in [4.69, 9.17) is 9.47 Å². The third-order valence-corrected chi connectivity index (χ3v) is 3.75. The molecule has 0 aliphatic carbocycles. The second-order valence-electron chi connectivity index (χ2n) is 6.01. The SMILES string of the molecule is Cc1nc(COC2CCN(C(=O)OC(C)(C)C)C2)cs1. The third-order valence-electron chi connectivity index (χ3n) is 2.93. The van der Waals surface area contributed by atoms with Crippen molar-refractivity contribution in [3.63, 3.8) is 0 Å². The molecule has 1 atom stereocenters. The van der Waals surface area contributed by atoms with Crippen LogP contribution in [-0.2, 0) is 16.1 Å². The molecule has 0 spiro atoms. The number of carbonyl (C=O) groups excluding carboxylic acids is 1. The fourth-order valence-electron chi connectivity index (χ4n) is 2.03. The highest BCUT2D eigenvalue weighted by Crippen LogP contribution is 2.18. The second kappa shape index (κ2) is 6.10. The summed E-state index contributed by atoms with van der Waals surface area (Å²) in [4.78, 5) is 18.0. The zero-order valence-electron chi connectivity index (χ0n) is 12.5. The van der Waals surface area contributed by atoms with Crippen LogP contribution in [0.4, 0.5) is 4.79 Å². The lowest BCUT2D eigenvalue weighted by molar-refractivity contribution is 0.0180. The number of thiazole rings is 1. The number of nitrogens with zero attached hydrogens (tertiary/aromatic N) is 2. The van der Waals surface area contributed by atoms with Gasteiger partial charge >= 0.3 is 6.09 Å². The van der Waals surface area contributed by atoms with Crippen molar-refractivity contribution in [3.8, 4) is 0 Å². The molecule has 112 valence electrons. The number of likely N-dealkylation sites (tertiary alicyclic amines) is 1. The summed E-state index contributed by atoms with van der Waals surface area (Å²) in [5.74, 6) is 0. The van der Waals surface area contributed by atoms with Gasteiger partial charge in [0, 0.05) is 11.9 Å². The van der Waals surface area contributed by atoms with Crippen LogP contribution in [0.2, 0.25) is 0 Å². The number of rotatable bonds is 3. The molecule has 1 aromatic heterocycles. The predicted molar refractivity (Wildman–Crippen MR) is 77.9 cm³/mol. The van der Waals surface area contributed by atoms with Crippen LogP contribution in [0, 0.1) is 6.92 Å². The van der Waals surface area contributed by atoms with E-state index in [1.807, 2.05) is 33.1 Å². The van der Waals surface area contributed by atoms with Gasteiger partial charge in [-0.3, -0.25) is 0 Å². The van der Waals surface area contributed by atoms with Crippen LogP contribution in [0.1, 0.15) is 37.9 Å². The van der Waals surface area contributed by atoms with E-state index in [0.717, 1.165) is 17.1 Å². The van der Waals surface area contributed by atoms with Gasteiger partial charge in [0.05, 0.1) is 30.0 Å². The highest BCUT2D eigenvalue weighted by Gasteiger charge is 2.30. The van der Waals surface area contributed by atoms with Crippen LogP contribution in [0.5, 0.6) is 0 Å². The van der Waals surface area contributed by atoms with Gasteiger partial charge in [-0.2, -0.15) is 0 Å². The molecular weight excluding hydrogens is 276 g/mol. The lowest BCUT2D eigenvalue weighted by Crippen LogP contribution is -2.36. The van der Waals surface area contributed by atoms with Crippen molar-refractivity contribution in [2.75, 3.05) is 13.1 Å². The molecule has 1 fully saturated rings. The van der Waals surface area contributed by atoms with E-state index in [1.54, 1.807) is 16.2 Å². The van der Waals surface area contributed by atoms with E-state index in [2.05, 4.69) is 4.98 Å². The summed E-state index contributed by atoms with van der Waals surface area (Å²) in [7, 11) is 0. The largest absolute Gasteiger partial charge is 0.444 e. The Hall–Kier alpha value is -1.14. The maximum Gasteiger partial charge on any atom is 0.410 e. The molecule has 0 radical (unpaired) electrons. The van der Waals surface area contributed by atoms with Gasteiger partial charge in [0.25, 0.3) is 0 Å².